The molecule has 2 bridgehead atoms. The quantitative estimate of drug-likeness (QED) is 0.943. The van der Waals surface area contributed by atoms with Crippen LogP contribution in [0.15, 0.2) is 30.5 Å². The van der Waals surface area contributed by atoms with Gasteiger partial charge in [-0.2, -0.15) is 0 Å². The van der Waals surface area contributed by atoms with E-state index in [1.165, 1.54) is 10.9 Å². The minimum absolute atomic E-state index is 0.441. The van der Waals surface area contributed by atoms with Gasteiger partial charge in [-0.15, -0.1) is 0 Å². The summed E-state index contributed by atoms with van der Waals surface area (Å²) in [6.07, 6.45) is 3.92. The van der Waals surface area contributed by atoms with Crippen molar-refractivity contribution in [3.8, 4) is 5.75 Å². The molecule has 3 saturated heterocycles. The summed E-state index contributed by atoms with van der Waals surface area (Å²) >= 11 is 0. The third kappa shape index (κ3) is 1.84. The molecular formula is C20H24N2O2. The molecule has 4 fully saturated rings. The summed E-state index contributed by atoms with van der Waals surface area (Å²) in [5.74, 6) is 2.44. The van der Waals surface area contributed by atoms with E-state index < -0.39 is 5.60 Å². The monoisotopic (exact) mass is 324 g/mol. The van der Waals surface area contributed by atoms with Gasteiger partial charge in [0.05, 0.1) is 18.2 Å². The SMILES string of the molecule is CCC1(O)CN2CCC1C1C2[C@@H]1c1ccnc2ccc(OC)cc12. The number of rotatable bonds is 3. The van der Waals surface area contributed by atoms with Crippen LogP contribution in [-0.4, -0.2) is 46.8 Å². The van der Waals surface area contributed by atoms with Crippen LogP contribution >= 0.6 is 0 Å². The van der Waals surface area contributed by atoms with Gasteiger partial charge in [0.15, 0.2) is 0 Å². The smallest absolute Gasteiger partial charge is 0.119 e. The Bertz CT molecular complexity index is 807. The molecule has 0 spiro atoms. The van der Waals surface area contributed by atoms with Gasteiger partial charge in [-0.3, -0.25) is 9.88 Å². The van der Waals surface area contributed by atoms with E-state index in [4.69, 9.17) is 4.74 Å². The van der Waals surface area contributed by atoms with Crippen molar-refractivity contribution in [2.75, 3.05) is 20.2 Å². The molecule has 6 atom stereocenters. The molecule has 0 radical (unpaired) electrons. The summed E-state index contributed by atoms with van der Waals surface area (Å²) in [5, 5.41) is 12.3. The highest BCUT2D eigenvalue weighted by molar-refractivity contribution is 5.84. The first-order valence-corrected chi connectivity index (χ1v) is 9.05. The van der Waals surface area contributed by atoms with E-state index in [-0.39, 0.29) is 0 Å². The van der Waals surface area contributed by atoms with Crippen LogP contribution in [0.25, 0.3) is 10.9 Å². The number of nitrogens with zero attached hydrogens (tertiary/aromatic N) is 2. The van der Waals surface area contributed by atoms with Gasteiger partial charge in [0.1, 0.15) is 5.75 Å². The molecule has 4 heteroatoms. The lowest BCUT2D eigenvalue weighted by Crippen LogP contribution is -2.59. The van der Waals surface area contributed by atoms with Gasteiger partial charge < -0.3 is 9.84 Å². The zero-order valence-electron chi connectivity index (χ0n) is 14.3. The summed E-state index contributed by atoms with van der Waals surface area (Å²) in [7, 11) is 1.71. The molecule has 1 saturated carbocycles. The van der Waals surface area contributed by atoms with Crippen molar-refractivity contribution in [3.63, 3.8) is 0 Å². The number of ether oxygens (including phenoxy) is 1. The fraction of sp³-hybridized carbons (Fsp3) is 0.550. The lowest BCUT2D eigenvalue weighted by Gasteiger charge is -2.49. The van der Waals surface area contributed by atoms with Crippen molar-refractivity contribution in [2.24, 2.45) is 11.8 Å². The predicted molar refractivity (Wildman–Crippen MR) is 93.2 cm³/mol. The summed E-state index contributed by atoms with van der Waals surface area (Å²) in [6, 6.07) is 8.91. The molecule has 126 valence electrons. The normalized spacial score (nSPS) is 39.7. The van der Waals surface area contributed by atoms with E-state index >= 15 is 0 Å². The molecule has 1 N–H and O–H groups in total. The average Bonchev–Trinajstić information content (AvgIpc) is 3.38. The van der Waals surface area contributed by atoms with Gasteiger partial charge >= 0.3 is 0 Å². The average molecular weight is 324 g/mol. The Hall–Kier alpha value is -1.65. The Morgan fingerprint density at radius 2 is 2.25 bits per heavy atom. The van der Waals surface area contributed by atoms with E-state index in [1.54, 1.807) is 7.11 Å². The number of pyridine rings is 1. The predicted octanol–water partition coefficient (Wildman–Crippen LogP) is 2.80. The summed E-state index contributed by atoms with van der Waals surface area (Å²) in [4.78, 5) is 7.06. The zero-order valence-corrected chi connectivity index (χ0v) is 14.3. The largest absolute Gasteiger partial charge is 0.497 e. The van der Waals surface area contributed by atoms with Crippen LogP contribution < -0.4 is 4.74 Å². The number of piperidine rings is 3. The van der Waals surface area contributed by atoms with Gasteiger partial charge in [-0.1, -0.05) is 6.92 Å². The molecule has 5 unspecified atom stereocenters. The van der Waals surface area contributed by atoms with Crippen molar-refractivity contribution < 1.29 is 9.84 Å². The molecule has 1 aliphatic carbocycles. The van der Waals surface area contributed by atoms with Crippen LogP contribution in [0, 0.1) is 11.8 Å². The molecule has 4 nitrogen and oxygen atoms in total. The first-order chi connectivity index (χ1) is 11.7. The second kappa shape index (κ2) is 4.93. The summed E-state index contributed by atoms with van der Waals surface area (Å²) in [6.45, 7) is 4.11. The number of benzene rings is 1. The maximum atomic E-state index is 11.1. The molecule has 4 heterocycles. The van der Waals surface area contributed by atoms with Gasteiger partial charge in [-0.05, 0) is 61.1 Å². The van der Waals surface area contributed by atoms with Crippen molar-refractivity contribution in [1.82, 2.24) is 9.88 Å². The number of fused-ring (bicyclic) bond motifs is 3. The zero-order chi connectivity index (χ0) is 16.5. The molecule has 3 aliphatic heterocycles. The van der Waals surface area contributed by atoms with E-state index in [1.807, 2.05) is 18.3 Å². The summed E-state index contributed by atoms with van der Waals surface area (Å²) < 4.78 is 5.42. The van der Waals surface area contributed by atoms with Crippen molar-refractivity contribution in [2.45, 2.75) is 37.3 Å². The molecule has 1 aromatic heterocycles. The maximum absolute atomic E-state index is 11.1. The number of methoxy groups -OCH3 is 1. The number of aliphatic hydroxyl groups is 1. The highest BCUT2D eigenvalue weighted by atomic mass is 16.5. The second-order valence-electron chi connectivity index (χ2n) is 7.70. The van der Waals surface area contributed by atoms with Crippen LogP contribution in [-0.2, 0) is 0 Å². The Morgan fingerprint density at radius 1 is 1.38 bits per heavy atom. The lowest BCUT2D eigenvalue weighted by atomic mass is 9.73. The molecule has 6 rings (SSSR count). The number of hydrogen-bond acceptors (Lipinski definition) is 4. The van der Waals surface area contributed by atoms with E-state index in [0.717, 1.165) is 37.2 Å². The van der Waals surface area contributed by atoms with Crippen LogP contribution in [0.4, 0.5) is 0 Å². The number of aromatic nitrogens is 1. The third-order valence-electron chi connectivity index (χ3n) is 6.77. The van der Waals surface area contributed by atoms with E-state index in [9.17, 15) is 5.11 Å². The molecular weight excluding hydrogens is 300 g/mol. The van der Waals surface area contributed by atoms with Crippen molar-refractivity contribution in [1.29, 1.82) is 0 Å². The number of hydrogen-bond donors (Lipinski definition) is 1. The lowest BCUT2D eigenvalue weighted by molar-refractivity contribution is -0.117. The third-order valence-corrected chi connectivity index (χ3v) is 6.77. The molecule has 0 amide bonds. The van der Waals surface area contributed by atoms with E-state index in [0.29, 0.717) is 23.8 Å². The first-order valence-electron chi connectivity index (χ1n) is 9.05. The molecule has 4 aliphatic rings. The Morgan fingerprint density at radius 3 is 3.04 bits per heavy atom. The summed E-state index contributed by atoms with van der Waals surface area (Å²) in [5.41, 5.74) is 1.92. The van der Waals surface area contributed by atoms with Gasteiger partial charge in [0.25, 0.3) is 0 Å². The Balaban J connectivity index is 1.59. The molecule has 1 aromatic carbocycles. The maximum Gasteiger partial charge on any atom is 0.119 e. The highest BCUT2D eigenvalue weighted by Gasteiger charge is 2.67. The first kappa shape index (κ1) is 14.7. The highest BCUT2D eigenvalue weighted by Crippen LogP contribution is 2.64. The fourth-order valence-corrected chi connectivity index (χ4v) is 5.53. The van der Waals surface area contributed by atoms with Gasteiger partial charge in [-0.25, -0.2) is 0 Å². The Kier molecular flexibility index (Phi) is 3.01. The Labute approximate surface area is 142 Å². The minimum Gasteiger partial charge on any atom is -0.497 e. The van der Waals surface area contributed by atoms with Crippen molar-refractivity contribution >= 4 is 10.9 Å². The fourth-order valence-electron chi connectivity index (χ4n) is 5.53. The minimum atomic E-state index is -0.491. The second-order valence-corrected chi connectivity index (χ2v) is 7.70. The molecule has 2 aromatic rings. The van der Waals surface area contributed by atoms with E-state index in [2.05, 4.69) is 28.9 Å². The van der Waals surface area contributed by atoms with Gasteiger partial charge in [0.2, 0.25) is 0 Å². The standard InChI is InChI=1S/C20H24N2O2/c1-3-20(23)11-22-9-7-15(20)18-17(19(18)22)13-6-8-21-16-5-4-12(24-2)10-14(13)16/h4-6,8,10,15,17-19,23H,3,7,9,11H2,1-2H3/t15?,17-,18?,19?,20?/m1/s1. The van der Waals surface area contributed by atoms with Gasteiger partial charge in [0, 0.05) is 30.1 Å². The van der Waals surface area contributed by atoms with Crippen LogP contribution in [0.3, 0.4) is 0 Å². The van der Waals surface area contributed by atoms with Crippen LogP contribution in [0.5, 0.6) is 5.75 Å². The van der Waals surface area contributed by atoms with Crippen LogP contribution in [0.2, 0.25) is 0 Å². The topological polar surface area (TPSA) is 45.6 Å². The molecule has 24 heavy (non-hydrogen) atoms. The van der Waals surface area contributed by atoms with Crippen molar-refractivity contribution in [3.05, 3.63) is 36.0 Å². The van der Waals surface area contributed by atoms with Crippen LogP contribution in [0.1, 0.15) is 31.2 Å².